The Bertz CT molecular complexity index is 412. The number of rotatable bonds is 4. The minimum absolute atomic E-state index is 0.0718. The number of carbonyl (C=O) groups is 1. The van der Waals surface area contributed by atoms with Crippen molar-refractivity contribution in [1.29, 1.82) is 5.26 Å². The normalized spacial score (nSPS) is 9.33. The van der Waals surface area contributed by atoms with Crippen molar-refractivity contribution in [2.75, 3.05) is 6.61 Å². The predicted molar refractivity (Wildman–Crippen MR) is 53.9 cm³/mol. The standard InChI is InChI=1S/C10H8ClNO3/c11-9-5-8(2-1-7(9)6-12)15-4-3-10(13)14/h1-2,5H,3-4H2,(H,13,14). The first-order chi connectivity index (χ1) is 7.13. The average molecular weight is 226 g/mol. The van der Waals surface area contributed by atoms with Gasteiger partial charge in [-0.3, -0.25) is 4.79 Å². The summed E-state index contributed by atoms with van der Waals surface area (Å²) >= 11 is 5.75. The molecule has 0 aromatic heterocycles. The molecule has 0 saturated carbocycles. The van der Waals surface area contributed by atoms with Gasteiger partial charge in [0.2, 0.25) is 0 Å². The first-order valence-electron chi connectivity index (χ1n) is 4.17. The number of hydrogen-bond acceptors (Lipinski definition) is 3. The minimum atomic E-state index is -0.922. The quantitative estimate of drug-likeness (QED) is 0.852. The van der Waals surface area contributed by atoms with Crippen LogP contribution in [0.4, 0.5) is 0 Å². The third kappa shape index (κ3) is 3.49. The van der Waals surface area contributed by atoms with Gasteiger partial charge in [0, 0.05) is 6.07 Å². The molecule has 1 rings (SSSR count). The second-order valence-corrected chi connectivity index (χ2v) is 3.15. The Morgan fingerprint density at radius 3 is 2.87 bits per heavy atom. The first kappa shape index (κ1) is 11.3. The van der Waals surface area contributed by atoms with Crippen molar-refractivity contribution in [3.8, 4) is 11.8 Å². The van der Waals surface area contributed by atoms with Gasteiger partial charge in [0.15, 0.2) is 0 Å². The number of hydrogen-bond donors (Lipinski definition) is 1. The summed E-state index contributed by atoms with van der Waals surface area (Å²) in [5.41, 5.74) is 0.363. The van der Waals surface area contributed by atoms with E-state index in [1.54, 1.807) is 6.07 Å². The number of carboxylic acids is 1. The van der Waals surface area contributed by atoms with Gasteiger partial charge >= 0.3 is 5.97 Å². The van der Waals surface area contributed by atoms with Crippen LogP contribution in [0.5, 0.6) is 5.75 Å². The van der Waals surface area contributed by atoms with Gasteiger partial charge in [-0.15, -0.1) is 0 Å². The zero-order valence-corrected chi connectivity index (χ0v) is 8.49. The lowest BCUT2D eigenvalue weighted by molar-refractivity contribution is -0.137. The predicted octanol–water partition coefficient (Wildman–Crippen LogP) is 2.07. The van der Waals surface area contributed by atoms with Crippen molar-refractivity contribution in [1.82, 2.24) is 0 Å². The van der Waals surface area contributed by atoms with Crippen LogP contribution >= 0.6 is 11.6 Å². The van der Waals surface area contributed by atoms with Crippen molar-refractivity contribution in [3.05, 3.63) is 28.8 Å². The largest absolute Gasteiger partial charge is 0.493 e. The number of carboxylic acid groups (broad SMARTS) is 1. The summed E-state index contributed by atoms with van der Waals surface area (Å²) in [7, 11) is 0. The third-order valence-corrected chi connectivity index (χ3v) is 1.96. The molecule has 0 saturated heterocycles. The molecule has 1 N–H and O–H groups in total. The maximum Gasteiger partial charge on any atom is 0.306 e. The van der Waals surface area contributed by atoms with Crippen LogP contribution in [0.2, 0.25) is 5.02 Å². The molecular weight excluding hydrogens is 218 g/mol. The Balaban J connectivity index is 2.60. The van der Waals surface area contributed by atoms with Crippen LogP contribution in [0.1, 0.15) is 12.0 Å². The Hall–Kier alpha value is -1.73. The summed E-state index contributed by atoms with van der Waals surface area (Å²) in [5, 5.41) is 17.3. The van der Waals surface area contributed by atoms with Crippen LogP contribution in [-0.4, -0.2) is 17.7 Å². The van der Waals surface area contributed by atoms with E-state index in [0.717, 1.165) is 0 Å². The van der Waals surface area contributed by atoms with Gasteiger partial charge in [-0.05, 0) is 12.1 Å². The van der Waals surface area contributed by atoms with Crippen molar-refractivity contribution in [2.45, 2.75) is 6.42 Å². The lowest BCUT2D eigenvalue weighted by atomic mass is 10.2. The van der Waals surface area contributed by atoms with Gasteiger partial charge in [-0.2, -0.15) is 5.26 Å². The van der Waals surface area contributed by atoms with Gasteiger partial charge in [-0.1, -0.05) is 11.6 Å². The zero-order chi connectivity index (χ0) is 11.3. The highest BCUT2D eigenvalue weighted by Crippen LogP contribution is 2.21. The summed E-state index contributed by atoms with van der Waals surface area (Å²) in [6, 6.07) is 6.51. The molecule has 0 spiro atoms. The summed E-state index contributed by atoms with van der Waals surface area (Å²) in [5.74, 6) is -0.463. The fourth-order valence-corrected chi connectivity index (χ4v) is 1.15. The van der Waals surface area contributed by atoms with Gasteiger partial charge < -0.3 is 9.84 Å². The molecule has 0 radical (unpaired) electrons. The minimum Gasteiger partial charge on any atom is -0.493 e. The van der Waals surface area contributed by atoms with E-state index in [0.29, 0.717) is 16.3 Å². The monoisotopic (exact) mass is 225 g/mol. The van der Waals surface area contributed by atoms with Crippen LogP contribution in [0.15, 0.2) is 18.2 Å². The maximum absolute atomic E-state index is 10.2. The van der Waals surface area contributed by atoms with Crippen LogP contribution < -0.4 is 4.74 Å². The lowest BCUT2D eigenvalue weighted by Gasteiger charge is -2.04. The Labute approximate surface area is 91.7 Å². The van der Waals surface area contributed by atoms with E-state index in [1.807, 2.05) is 6.07 Å². The second-order valence-electron chi connectivity index (χ2n) is 2.75. The number of halogens is 1. The Kier molecular flexibility index (Phi) is 3.95. The second kappa shape index (κ2) is 5.23. The van der Waals surface area contributed by atoms with E-state index in [-0.39, 0.29) is 13.0 Å². The van der Waals surface area contributed by atoms with Gasteiger partial charge in [0.05, 0.1) is 23.6 Å². The fraction of sp³-hybridized carbons (Fsp3) is 0.200. The number of benzene rings is 1. The van der Waals surface area contributed by atoms with E-state index in [9.17, 15) is 4.79 Å². The molecule has 1 aromatic carbocycles. The number of nitrogens with zero attached hydrogens (tertiary/aromatic N) is 1. The molecule has 0 aliphatic heterocycles. The van der Waals surface area contributed by atoms with Gasteiger partial charge in [-0.25, -0.2) is 0 Å². The third-order valence-electron chi connectivity index (χ3n) is 1.65. The highest BCUT2D eigenvalue weighted by Gasteiger charge is 2.02. The van der Waals surface area contributed by atoms with E-state index in [1.165, 1.54) is 12.1 Å². The molecular formula is C10H8ClNO3. The topological polar surface area (TPSA) is 70.3 Å². The van der Waals surface area contributed by atoms with Crippen LogP contribution in [0.3, 0.4) is 0 Å². The van der Waals surface area contributed by atoms with Crippen molar-refractivity contribution in [3.63, 3.8) is 0 Å². The summed E-state index contributed by atoms with van der Waals surface area (Å²) in [4.78, 5) is 10.2. The van der Waals surface area contributed by atoms with E-state index in [4.69, 9.17) is 26.7 Å². The molecule has 0 aliphatic carbocycles. The summed E-state index contributed by atoms with van der Waals surface area (Å²) < 4.78 is 5.12. The van der Waals surface area contributed by atoms with Crippen LogP contribution in [0.25, 0.3) is 0 Å². The van der Waals surface area contributed by atoms with Crippen LogP contribution in [-0.2, 0) is 4.79 Å². The molecule has 0 fully saturated rings. The molecule has 0 heterocycles. The molecule has 0 amide bonds. The SMILES string of the molecule is N#Cc1ccc(OCCC(=O)O)cc1Cl. The highest BCUT2D eigenvalue weighted by atomic mass is 35.5. The Morgan fingerprint density at radius 1 is 1.60 bits per heavy atom. The van der Waals surface area contributed by atoms with Gasteiger partial charge in [0.1, 0.15) is 11.8 Å². The highest BCUT2D eigenvalue weighted by molar-refractivity contribution is 6.31. The molecule has 1 aromatic rings. The molecule has 0 unspecified atom stereocenters. The lowest BCUT2D eigenvalue weighted by Crippen LogP contribution is -2.04. The number of nitriles is 1. The number of ether oxygens (including phenoxy) is 1. The fourth-order valence-electron chi connectivity index (χ4n) is 0.932. The maximum atomic E-state index is 10.2. The molecule has 0 atom stereocenters. The smallest absolute Gasteiger partial charge is 0.306 e. The molecule has 4 nitrogen and oxygen atoms in total. The van der Waals surface area contributed by atoms with Crippen molar-refractivity contribution < 1.29 is 14.6 Å². The Morgan fingerprint density at radius 2 is 2.33 bits per heavy atom. The number of aliphatic carboxylic acids is 1. The summed E-state index contributed by atoms with van der Waals surface area (Å²) in [6.07, 6.45) is -0.0718. The van der Waals surface area contributed by atoms with Crippen molar-refractivity contribution in [2.24, 2.45) is 0 Å². The first-order valence-corrected chi connectivity index (χ1v) is 4.55. The zero-order valence-electron chi connectivity index (χ0n) is 7.74. The van der Waals surface area contributed by atoms with Gasteiger partial charge in [0.25, 0.3) is 0 Å². The molecule has 0 bridgehead atoms. The van der Waals surface area contributed by atoms with Crippen molar-refractivity contribution >= 4 is 17.6 Å². The van der Waals surface area contributed by atoms with E-state index >= 15 is 0 Å². The van der Waals surface area contributed by atoms with E-state index in [2.05, 4.69) is 0 Å². The molecule has 15 heavy (non-hydrogen) atoms. The van der Waals surface area contributed by atoms with E-state index < -0.39 is 5.97 Å². The molecule has 78 valence electrons. The van der Waals surface area contributed by atoms with Crippen LogP contribution in [0, 0.1) is 11.3 Å². The summed E-state index contributed by atoms with van der Waals surface area (Å²) in [6.45, 7) is 0.0809. The molecule has 5 heteroatoms. The molecule has 0 aliphatic rings. The average Bonchev–Trinajstić information content (AvgIpc) is 2.17.